The highest BCUT2D eigenvalue weighted by molar-refractivity contribution is 5.87. The van der Waals surface area contributed by atoms with E-state index in [4.69, 9.17) is 23.7 Å². The summed E-state index contributed by atoms with van der Waals surface area (Å²) in [6.45, 7) is 3.92. The van der Waals surface area contributed by atoms with Crippen molar-refractivity contribution in [2.24, 2.45) is 52.3 Å². The number of carboxylic acids is 1. The summed E-state index contributed by atoms with van der Waals surface area (Å²) >= 11 is 0. The molecule has 17 nitrogen and oxygen atoms in total. The molecule has 6 aliphatic carbocycles. The zero-order chi connectivity index (χ0) is 64.8. The molecule has 6 heterocycles. The van der Waals surface area contributed by atoms with Gasteiger partial charge in [0.1, 0.15) is 42.3 Å². The lowest BCUT2D eigenvalue weighted by molar-refractivity contribution is -0.337. The number of hydrogen-bond acceptors (Lipinski definition) is 15. The summed E-state index contributed by atoms with van der Waals surface area (Å²) in [7, 11) is 1.61. The summed E-state index contributed by atoms with van der Waals surface area (Å²) in [5.41, 5.74) is 0.00800. The first-order chi connectivity index (χ1) is 45.1. The molecular formula is C76H95N3O14. The molecule has 0 amide bonds. The molecule has 3 spiro atoms. The Balaban J connectivity index is 0.940. The van der Waals surface area contributed by atoms with Crippen LogP contribution in [0.25, 0.3) is 0 Å². The predicted octanol–water partition coefficient (Wildman–Crippen LogP) is 9.04. The Morgan fingerprint density at radius 2 is 1.82 bits per heavy atom. The van der Waals surface area contributed by atoms with Gasteiger partial charge in [0.25, 0.3) is 0 Å². The number of ether oxygens (including phenoxy) is 5. The van der Waals surface area contributed by atoms with Gasteiger partial charge in [-0.1, -0.05) is 79.8 Å². The Hall–Kier alpha value is -6.06. The maximum atomic E-state index is 14.2. The van der Waals surface area contributed by atoms with E-state index in [1.165, 1.54) is 0 Å². The number of aromatic carboxylic acids is 1. The second-order valence-corrected chi connectivity index (χ2v) is 29.2. The van der Waals surface area contributed by atoms with Crippen LogP contribution in [0.4, 0.5) is 0 Å². The average Bonchev–Trinajstić information content (AvgIpc) is 1.54. The van der Waals surface area contributed by atoms with Crippen molar-refractivity contribution in [1.82, 2.24) is 9.88 Å². The average molecular weight is 1270 g/mol. The number of benzene rings is 2. The largest absolute Gasteiger partial charge is 0.482 e. The number of hydrogen-bond donors (Lipinski definition) is 9. The maximum Gasteiger partial charge on any atom is 0.335 e. The third-order valence-electron chi connectivity index (χ3n) is 24.3. The minimum Gasteiger partial charge on any atom is -0.482 e. The van der Waals surface area contributed by atoms with Crippen LogP contribution in [0.15, 0.2) is 121 Å². The van der Waals surface area contributed by atoms with Crippen molar-refractivity contribution in [2.75, 3.05) is 26.9 Å². The second kappa shape index (κ2) is 27.2. The predicted molar refractivity (Wildman–Crippen MR) is 347 cm³/mol. The van der Waals surface area contributed by atoms with Crippen molar-refractivity contribution in [3.05, 3.63) is 149 Å². The molecule has 2 aromatic carbocycles. The smallest absolute Gasteiger partial charge is 0.335 e. The fourth-order valence-electron chi connectivity index (χ4n) is 20.1. The summed E-state index contributed by atoms with van der Waals surface area (Å²) in [4.78, 5) is 12.1. The van der Waals surface area contributed by atoms with Crippen LogP contribution in [0.5, 0.6) is 5.75 Å². The van der Waals surface area contributed by atoms with Gasteiger partial charge in [-0.2, -0.15) is 5.26 Å². The number of methoxy groups -OCH3 is 1. The Labute approximate surface area is 546 Å². The highest BCUT2D eigenvalue weighted by Crippen LogP contribution is 2.74. The highest BCUT2D eigenvalue weighted by Gasteiger charge is 2.71. The van der Waals surface area contributed by atoms with E-state index in [9.17, 15) is 50.9 Å². The number of nitrogens with zero attached hydrogens (tertiary/aromatic N) is 2. The lowest BCUT2D eigenvalue weighted by Gasteiger charge is -2.54. The van der Waals surface area contributed by atoms with Crippen molar-refractivity contribution in [3.63, 3.8) is 0 Å². The SMILES string of the molecule is C=CCc1ccc(O[C@H]2O[C@H]3[C@@H](O)[C@H](O)[C@]24C[C@H]([C@H](O)CC#CO[C@H]3CCCO)[C@@]2(C=C[C@@H]3[C@@](O)(C[C@H]5[C@H](c6ccc(C(=O)O)cc6)CC[C@@H]6CCC[C@]635)C2)C=C(CC[C@H]2N[C@@H]3C(=C[C@@H]2C2CCCC2)C=CC[C@H]3O)O4)cc1C[C@@H](COC)[C@@H](CO)n1ccc(C#N)c1. The van der Waals surface area contributed by atoms with E-state index in [-0.39, 0.29) is 105 Å². The molecular weight excluding hydrogens is 1180 g/mol. The molecule has 17 heteroatoms. The van der Waals surface area contributed by atoms with Crippen molar-refractivity contribution >= 4 is 5.97 Å². The fourth-order valence-corrected chi connectivity index (χ4v) is 20.1. The molecule has 3 bridgehead atoms. The molecule has 14 rings (SSSR count). The van der Waals surface area contributed by atoms with Gasteiger partial charge in [-0.05, 0) is 184 Å². The minimum absolute atomic E-state index is 0.0544. The topological polar surface area (TPSA) is 266 Å². The lowest BCUT2D eigenvalue weighted by atomic mass is 9.52. The van der Waals surface area contributed by atoms with Crippen molar-refractivity contribution < 1.29 is 69.3 Å². The van der Waals surface area contributed by atoms with E-state index in [0.717, 1.165) is 80.1 Å². The Kier molecular flexibility index (Phi) is 19.2. The molecule has 9 N–H and O–H groups in total. The summed E-state index contributed by atoms with van der Waals surface area (Å²) in [6, 6.07) is 16.1. The molecule has 3 aromatic rings. The summed E-state index contributed by atoms with van der Waals surface area (Å²) in [5.74, 6) is 2.66. The Morgan fingerprint density at radius 3 is 2.57 bits per heavy atom. The molecule has 0 unspecified atom stereocenters. The molecule has 498 valence electrons. The number of aliphatic hydroxyl groups is 7. The van der Waals surface area contributed by atoms with Gasteiger partial charge in [0.15, 0.2) is 5.60 Å². The second-order valence-electron chi connectivity index (χ2n) is 29.2. The number of rotatable bonds is 20. The van der Waals surface area contributed by atoms with Crippen LogP contribution >= 0.6 is 0 Å². The molecule has 4 saturated carbocycles. The number of fused-ring (bicyclic) bond motifs is 8. The zero-order valence-corrected chi connectivity index (χ0v) is 53.6. The molecule has 0 radical (unpaired) electrons. The van der Waals surface area contributed by atoms with E-state index in [1.807, 2.05) is 41.0 Å². The van der Waals surface area contributed by atoms with Gasteiger partial charge < -0.3 is 74.4 Å². The molecule has 93 heavy (non-hydrogen) atoms. The quantitative estimate of drug-likeness (QED) is 0.0377. The van der Waals surface area contributed by atoms with Crippen molar-refractivity contribution in [2.45, 2.75) is 207 Å². The van der Waals surface area contributed by atoms with Gasteiger partial charge in [0, 0.05) is 74.6 Å². The van der Waals surface area contributed by atoms with Gasteiger partial charge in [0.2, 0.25) is 6.29 Å². The third kappa shape index (κ3) is 12.2. The summed E-state index contributed by atoms with van der Waals surface area (Å²) < 4.78 is 36.2. The minimum atomic E-state index is -1.97. The first kappa shape index (κ1) is 65.6. The standard InChI is InChI=1S/C76H95N3O14/c1-3-10-47-22-24-55(36-52(47)35-53(44-89-2)62(43-81)79-32-29-46(41-77)42-79)91-72-76-40-60(63(82)16-9-34-90-65(17-8-33-80)69(92-72)68(84)70(76)85)73(38-56(93-76)25-27-61-58(48-11-4-5-12-48)37-51-13-6-15-64(83)67(51)78-61)31-28-66-74(88,45-73)39-59-57(26-23-54-14-7-30-75(54,59)66)49-18-20-50(21-19-49)71(86)87/h3,6,13,18-22,24,28-29,31-32,36-38,42,48,53-54,57-70,72,78,80-85,88H,1,4-5,7-8,10-12,14-17,23,25-27,30,33,35,39-40,43-45H2,2H3,(H,86,87)/t53-,54-,57-,58+,59-,60+,61+,62+,63+,64+,65-,66+,67+,68+,69+,70-,72-,73-,74+,75+,76+/m0/s1. The highest BCUT2D eigenvalue weighted by atomic mass is 16.7. The fraction of sp³-hybridized carbons (Fsp3) is 0.605. The van der Waals surface area contributed by atoms with Gasteiger partial charge in [-0.3, -0.25) is 0 Å². The molecule has 5 aliphatic heterocycles. The van der Waals surface area contributed by atoms with Crippen LogP contribution in [0, 0.1) is 75.6 Å². The molecule has 1 saturated heterocycles. The van der Waals surface area contributed by atoms with Gasteiger partial charge in [-0.15, -0.1) is 6.58 Å². The summed E-state index contributed by atoms with van der Waals surface area (Å²) in [6.07, 6.45) is 25.0. The number of aliphatic hydroxyl groups excluding tert-OH is 6. The molecule has 5 fully saturated rings. The van der Waals surface area contributed by atoms with E-state index in [1.54, 1.807) is 37.7 Å². The van der Waals surface area contributed by atoms with Gasteiger partial charge in [0.05, 0.1) is 60.0 Å². The van der Waals surface area contributed by atoms with Crippen molar-refractivity contribution in [3.8, 4) is 23.8 Å². The zero-order valence-electron chi connectivity index (χ0n) is 53.6. The van der Waals surface area contributed by atoms with Crippen molar-refractivity contribution in [1.29, 1.82) is 5.26 Å². The number of allylic oxidation sites excluding steroid dienone is 4. The maximum absolute atomic E-state index is 14.2. The van der Waals surface area contributed by atoms with Crippen LogP contribution in [-0.2, 0) is 31.8 Å². The third-order valence-corrected chi connectivity index (χ3v) is 24.3. The van der Waals surface area contributed by atoms with E-state index < -0.39 is 77.5 Å². The Bertz CT molecular complexity index is 3430. The number of aromatic nitrogens is 1. The van der Waals surface area contributed by atoms with Gasteiger partial charge >= 0.3 is 5.97 Å². The van der Waals surface area contributed by atoms with Crippen LogP contribution in [0.1, 0.15) is 160 Å². The number of carbonyl (C=O) groups is 1. The molecule has 21 atom stereocenters. The first-order valence-corrected chi connectivity index (χ1v) is 34.6. The van der Waals surface area contributed by atoms with Crippen LogP contribution in [-0.4, -0.2) is 145 Å². The number of nitrogens with one attached hydrogen (secondary N) is 1. The van der Waals surface area contributed by atoms with Gasteiger partial charge in [-0.25, -0.2) is 4.79 Å². The summed E-state index contributed by atoms with van der Waals surface area (Å²) in [5, 5.41) is 110. The lowest BCUT2D eigenvalue weighted by Crippen LogP contribution is -2.71. The first-order valence-electron chi connectivity index (χ1n) is 34.6. The van der Waals surface area contributed by atoms with Crippen LogP contribution in [0.3, 0.4) is 0 Å². The molecule has 1 aromatic heterocycles. The monoisotopic (exact) mass is 1270 g/mol. The van der Waals surface area contributed by atoms with E-state index >= 15 is 0 Å². The Morgan fingerprint density at radius 1 is 0.989 bits per heavy atom. The number of nitriles is 1. The van der Waals surface area contributed by atoms with E-state index in [0.29, 0.717) is 67.4 Å². The van der Waals surface area contributed by atoms with E-state index in [2.05, 4.69) is 66.4 Å². The van der Waals surface area contributed by atoms with Crippen LogP contribution < -0.4 is 10.1 Å². The van der Waals surface area contributed by atoms with Crippen LogP contribution in [0.2, 0.25) is 0 Å². The molecule has 11 aliphatic rings. The normalized spacial score (nSPS) is 38.1. The number of carboxylic acid groups (broad SMARTS) is 1.